The molecule has 3 rings (SSSR count). The summed E-state index contributed by atoms with van der Waals surface area (Å²) in [5, 5.41) is 0.147. The van der Waals surface area contributed by atoms with Crippen LogP contribution >= 0.6 is 11.6 Å². The third-order valence-electron chi connectivity index (χ3n) is 4.07. The van der Waals surface area contributed by atoms with Gasteiger partial charge >= 0.3 is 0 Å². The number of hydrogen-bond donors (Lipinski definition) is 1. The lowest BCUT2D eigenvalue weighted by molar-refractivity contribution is 0.578. The molecule has 2 nitrogen and oxygen atoms in total. The summed E-state index contributed by atoms with van der Waals surface area (Å²) in [6, 6.07) is 13.3. The third-order valence-corrected chi connectivity index (χ3v) is 4.38. The second-order valence-corrected chi connectivity index (χ2v) is 5.76. The maximum absolute atomic E-state index is 13.7. The highest BCUT2D eigenvalue weighted by atomic mass is 35.5. The van der Waals surface area contributed by atoms with Crippen molar-refractivity contribution in [3.05, 3.63) is 64.4 Å². The fourth-order valence-corrected chi connectivity index (χ4v) is 3.17. The largest absolute Gasteiger partial charge is 0.363 e. The summed E-state index contributed by atoms with van der Waals surface area (Å²) in [6.45, 7) is 1.37. The number of rotatable bonds is 3. The van der Waals surface area contributed by atoms with Crippen molar-refractivity contribution < 1.29 is 4.39 Å². The second-order valence-electron chi connectivity index (χ2n) is 5.35. The molecule has 21 heavy (non-hydrogen) atoms. The van der Waals surface area contributed by atoms with Crippen LogP contribution in [0.4, 0.5) is 10.1 Å². The molecular formula is C17H18ClFN2. The van der Waals surface area contributed by atoms with E-state index in [1.807, 2.05) is 12.1 Å². The molecule has 0 fully saturated rings. The summed E-state index contributed by atoms with van der Waals surface area (Å²) >= 11 is 5.78. The van der Waals surface area contributed by atoms with Crippen LogP contribution in [0.1, 0.15) is 23.6 Å². The highest BCUT2D eigenvalue weighted by Crippen LogP contribution is 2.34. The van der Waals surface area contributed by atoms with E-state index in [1.54, 1.807) is 6.07 Å². The molecule has 2 N–H and O–H groups in total. The number of fused-ring (bicyclic) bond motifs is 1. The minimum atomic E-state index is -0.391. The molecule has 110 valence electrons. The molecule has 1 aliphatic heterocycles. The van der Waals surface area contributed by atoms with Crippen molar-refractivity contribution in [2.45, 2.75) is 18.9 Å². The number of hydrogen-bond acceptors (Lipinski definition) is 2. The van der Waals surface area contributed by atoms with Gasteiger partial charge in [-0.2, -0.15) is 0 Å². The lowest BCUT2D eigenvalue weighted by Crippen LogP contribution is -2.37. The molecule has 0 aliphatic carbocycles. The topological polar surface area (TPSA) is 29.3 Å². The van der Waals surface area contributed by atoms with Crippen molar-refractivity contribution in [2.24, 2.45) is 5.73 Å². The minimum Gasteiger partial charge on any atom is -0.363 e. The molecule has 0 radical (unpaired) electrons. The standard InChI is InChI=1S/C17H18ClFN2/c18-14-8-7-13(10-15(14)19)17(11-20)21-9-3-5-12-4-1-2-6-16(12)21/h1-2,4,6-8,10,17H,3,5,9,11,20H2. The number of nitrogens with zero attached hydrogens (tertiary/aromatic N) is 1. The molecule has 4 heteroatoms. The Morgan fingerprint density at radius 2 is 2.05 bits per heavy atom. The molecule has 0 saturated carbocycles. The summed E-state index contributed by atoms with van der Waals surface area (Å²) in [6.07, 6.45) is 2.17. The predicted octanol–water partition coefficient (Wildman–Crippen LogP) is 3.93. The van der Waals surface area contributed by atoms with Crippen LogP contribution in [-0.4, -0.2) is 13.1 Å². The second kappa shape index (κ2) is 6.04. The number of para-hydroxylation sites is 1. The lowest BCUT2D eigenvalue weighted by Gasteiger charge is -2.37. The van der Waals surface area contributed by atoms with Gasteiger partial charge in [-0.15, -0.1) is 0 Å². The average Bonchev–Trinajstić information content (AvgIpc) is 2.52. The van der Waals surface area contributed by atoms with Crippen LogP contribution in [-0.2, 0) is 6.42 Å². The Morgan fingerprint density at radius 1 is 1.24 bits per heavy atom. The number of halogens is 2. The Labute approximate surface area is 129 Å². The molecule has 1 aliphatic rings. The van der Waals surface area contributed by atoms with Gasteiger partial charge in [0.05, 0.1) is 11.1 Å². The van der Waals surface area contributed by atoms with Crippen molar-refractivity contribution in [1.82, 2.24) is 0 Å². The highest BCUT2D eigenvalue weighted by Gasteiger charge is 2.24. The van der Waals surface area contributed by atoms with Crippen molar-refractivity contribution >= 4 is 17.3 Å². The van der Waals surface area contributed by atoms with E-state index in [0.717, 1.165) is 24.9 Å². The van der Waals surface area contributed by atoms with Gasteiger partial charge in [0.2, 0.25) is 0 Å². The number of benzene rings is 2. The van der Waals surface area contributed by atoms with Crippen molar-refractivity contribution in [3.8, 4) is 0 Å². The third kappa shape index (κ3) is 2.76. The molecule has 0 amide bonds. The van der Waals surface area contributed by atoms with Gasteiger partial charge in [-0.25, -0.2) is 4.39 Å². The zero-order valence-electron chi connectivity index (χ0n) is 11.7. The molecule has 0 spiro atoms. The lowest BCUT2D eigenvalue weighted by atomic mass is 9.97. The maximum Gasteiger partial charge on any atom is 0.142 e. The molecule has 0 saturated heterocycles. The van der Waals surface area contributed by atoms with E-state index in [-0.39, 0.29) is 11.1 Å². The van der Waals surface area contributed by atoms with Gasteiger partial charge in [-0.1, -0.05) is 35.9 Å². The normalized spacial score (nSPS) is 15.7. The maximum atomic E-state index is 13.7. The Morgan fingerprint density at radius 3 is 2.81 bits per heavy atom. The molecule has 0 aromatic heterocycles. The summed E-state index contributed by atoms with van der Waals surface area (Å²) in [5.74, 6) is -0.391. The first kappa shape index (κ1) is 14.4. The quantitative estimate of drug-likeness (QED) is 0.931. The van der Waals surface area contributed by atoms with Crippen LogP contribution in [0.3, 0.4) is 0 Å². The van der Waals surface area contributed by atoms with E-state index in [1.165, 1.54) is 17.3 Å². The first-order chi connectivity index (χ1) is 10.2. The summed E-state index contributed by atoms with van der Waals surface area (Å²) in [5.41, 5.74) is 9.39. The Kier molecular flexibility index (Phi) is 4.13. The monoisotopic (exact) mass is 304 g/mol. The van der Waals surface area contributed by atoms with Crippen LogP contribution in [0.15, 0.2) is 42.5 Å². The van der Waals surface area contributed by atoms with Crippen LogP contribution in [0.25, 0.3) is 0 Å². The molecule has 1 heterocycles. The Balaban J connectivity index is 1.99. The molecule has 2 aromatic carbocycles. The number of anilines is 1. The minimum absolute atomic E-state index is 0.0294. The van der Waals surface area contributed by atoms with Gasteiger partial charge in [-0.3, -0.25) is 0 Å². The van der Waals surface area contributed by atoms with E-state index in [2.05, 4.69) is 23.1 Å². The molecule has 0 bridgehead atoms. The van der Waals surface area contributed by atoms with Crippen LogP contribution in [0, 0.1) is 5.82 Å². The van der Waals surface area contributed by atoms with Gasteiger partial charge in [0, 0.05) is 18.8 Å². The van der Waals surface area contributed by atoms with E-state index >= 15 is 0 Å². The Hall–Kier alpha value is -1.58. The van der Waals surface area contributed by atoms with Crippen molar-refractivity contribution in [1.29, 1.82) is 0 Å². The van der Waals surface area contributed by atoms with Crippen molar-refractivity contribution in [2.75, 3.05) is 18.0 Å². The smallest absolute Gasteiger partial charge is 0.142 e. The van der Waals surface area contributed by atoms with Gasteiger partial charge in [0.15, 0.2) is 0 Å². The fraction of sp³-hybridized carbons (Fsp3) is 0.294. The number of aryl methyl sites for hydroxylation is 1. The average molecular weight is 305 g/mol. The molecule has 1 atom stereocenters. The predicted molar refractivity (Wildman–Crippen MR) is 85.3 cm³/mol. The zero-order valence-corrected chi connectivity index (χ0v) is 12.5. The van der Waals surface area contributed by atoms with Crippen LogP contribution in [0.5, 0.6) is 0 Å². The summed E-state index contributed by atoms with van der Waals surface area (Å²) in [7, 11) is 0. The summed E-state index contributed by atoms with van der Waals surface area (Å²) < 4.78 is 13.7. The first-order valence-corrected chi connectivity index (χ1v) is 7.58. The van der Waals surface area contributed by atoms with E-state index in [0.29, 0.717) is 6.54 Å². The van der Waals surface area contributed by atoms with Gasteiger partial charge in [-0.05, 0) is 42.2 Å². The van der Waals surface area contributed by atoms with Gasteiger partial charge < -0.3 is 10.6 Å². The zero-order chi connectivity index (χ0) is 14.8. The highest BCUT2D eigenvalue weighted by molar-refractivity contribution is 6.30. The van der Waals surface area contributed by atoms with Crippen molar-refractivity contribution in [3.63, 3.8) is 0 Å². The van der Waals surface area contributed by atoms with E-state index < -0.39 is 5.82 Å². The van der Waals surface area contributed by atoms with Crippen LogP contribution < -0.4 is 10.6 Å². The molecule has 1 unspecified atom stereocenters. The number of nitrogens with two attached hydrogens (primary N) is 1. The van der Waals surface area contributed by atoms with Gasteiger partial charge in [0.1, 0.15) is 5.82 Å². The van der Waals surface area contributed by atoms with E-state index in [9.17, 15) is 4.39 Å². The molecular weight excluding hydrogens is 287 g/mol. The van der Waals surface area contributed by atoms with Gasteiger partial charge in [0.25, 0.3) is 0 Å². The first-order valence-electron chi connectivity index (χ1n) is 7.20. The Bertz CT molecular complexity index is 644. The van der Waals surface area contributed by atoms with E-state index in [4.69, 9.17) is 17.3 Å². The molecule has 2 aromatic rings. The van der Waals surface area contributed by atoms with Crippen LogP contribution in [0.2, 0.25) is 5.02 Å². The SMILES string of the molecule is NCC(c1ccc(Cl)c(F)c1)N1CCCc2ccccc21. The fourth-order valence-electron chi connectivity index (χ4n) is 3.05. The summed E-state index contributed by atoms with van der Waals surface area (Å²) in [4.78, 5) is 2.28.